The summed E-state index contributed by atoms with van der Waals surface area (Å²) in [6.45, 7) is 7.58. The lowest BCUT2D eigenvalue weighted by Gasteiger charge is -2.12. The molecule has 0 aromatic heterocycles. The number of ether oxygens (including phenoxy) is 1. The van der Waals surface area contributed by atoms with E-state index in [9.17, 15) is 9.59 Å². The standard InChI is InChI=1S/C19H22N2O3/c1-12-8-9-16(10-15(12)4)19(23)21-20-17(22)11-24-18-13(2)6-5-7-14(18)3/h5-10H,11H2,1-4H3,(H,20,22)(H,21,23). The largest absolute Gasteiger partial charge is 0.483 e. The topological polar surface area (TPSA) is 67.4 Å². The molecule has 0 aliphatic heterocycles. The summed E-state index contributed by atoms with van der Waals surface area (Å²) in [6.07, 6.45) is 0. The van der Waals surface area contributed by atoms with E-state index in [1.807, 2.05) is 52.0 Å². The zero-order valence-electron chi connectivity index (χ0n) is 14.4. The summed E-state index contributed by atoms with van der Waals surface area (Å²) >= 11 is 0. The molecule has 24 heavy (non-hydrogen) atoms. The molecular weight excluding hydrogens is 304 g/mol. The highest BCUT2D eigenvalue weighted by molar-refractivity contribution is 5.95. The van der Waals surface area contributed by atoms with Gasteiger partial charge in [0, 0.05) is 5.56 Å². The summed E-state index contributed by atoms with van der Waals surface area (Å²) < 4.78 is 5.54. The fourth-order valence-electron chi connectivity index (χ4n) is 2.28. The molecule has 2 amide bonds. The maximum Gasteiger partial charge on any atom is 0.276 e. The van der Waals surface area contributed by atoms with Gasteiger partial charge in [0.05, 0.1) is 0 Å². The van der Waals surface area contributed by atoms with Crippen LogP contribution in [0.1, 0.15) is 32.6 Å². The van der Waals surface area contributed by atoms with Gasteiger partial charge in [0.25, 0.3) is 11.8 Å². The van der Waals surface area contributed by atoms with Crippen molar-refractivity contribution in [2.45, 2.75) is 27.7 Å². The normalized spacial score (nSPS) is 10.2. The minimum Gasteiger partial charge on any atom is -0.483 e. The van der Waals surface area contributed by atoms with Crippen LogP contribution in [0.15, 0.2) is 36.4 Å². The quantitative estimate of drug-likeness (QED) is 0.849. The number of benzene rings is 2. The average Bonchev–Trinajstić information content (AvgIpc) is 2.54. The van der Waals surface area contributed by atoms with Gasteiger partial charge < -0.3 is 4.74 Å². The third kappa shape index (κ3) is 4.35. The summed E-state index contributed by atoms with van der Waals surface area (Å²) in [7, 11) is 0. The van der Waals surface area contributed by atoms with Crippen LogP contribution in [0.5, 0.6) is 5.75 Å². The minimum absolute atomic E-state index is 0.168. The van der Waals surface area contributed by atoms with E-state index in [2.05, 4.69) is 10.9 Å². The van der Waals surface area contributed by atoms with Crippen molar-refractivity contribution in [2.75, 3.05) is 6.61 Å². The van der Waals surface area contributed by atoms with E-state index in [0.717, 1.165) is 22.3 Å². The van der Waals surface area contributed by atoms with Crippen molar-refractivity contribution >= 4 is 11.8 Å². The first-order valence-corrected chi connectivity index (χ1v) is 7.74. The second kappa shape index (κ2) is 7.64. The lowest BCUT2D eigenvalue weighted by molar-refractivity contribution is -0.123. The van der Waals surface area contributed by atoms with Gasteiger partial charge >= 0.3 is 0 Å². The van der Waals surface area contributed by atoms with Crippen LogP contribution in [0.3, 0.4) is 0 Å². The fourth-order valence-corrected chi connectivity index (χ4v) is 2.28. The van der Waals surface area contributed by atoms with Crippen molar-refractivity contribution in [3.63, 3.8) is 0 Å². The summed E-state index contributed by atoms with van der Waals surface area (Å²) in [5.41, 5.74) is 9.30. The number of para-hydroxylation sites is 1. The number of nitrogens with one attached hydrogen (secondary N) is 2. The second-order valence-corrected chi connectivity index (χ2v) is 5.81. The first-order valence-electron chi connectivity index (χ1n) is 7.74. The Hall–Kier alpha value is -2.82. The lowest BCUT2D eigenvalue weighted by Crippen LogP contribution is -2.43. The highest BCUT2D eigenvalue weighted by Crippen LogP contribution is 2.21. The van der Waals surface area contributed by atoms with E-state index < -0.39 is 5.91 Å². The van der Waals surface area contributed by atoms with Gasteiger partial charge in [-0.15, -0.1) is 0 Å². The fraction of sp³-hybridized carbons (Fsp3) is 0.263. The maximum absolute atomic E-state index is 12.0. The summed E-state index contributed by atoms with van der Waals surface area (Å²) in [5.74, 6) is -0.0958. The van der Waals surface area contributed by atoms with E-state index >= 15 is 0 Å². The molecule has 0 fully saturated rings. The highest BCUT2D eigenvalue weighted by atomic mass is 16.5. The first-order chi connectivity index (χ1) is 11.4. The van der Waals surface area contributed by atoms with Crippen molar-refractivity contribution in [1.29, 1.82) is 0 Å². The van der Waals surface area contributed by atoms with Gasteiger partial charge in [0.15, 0.2) is 6.61 Å². The smallest absolute Gasteiger partial charge is 0.276 e. The van der Waals surface area contributed by atoms with Crippen LogP contribution in [-0.4, -0.2) is 18.4 Å². The Morgan fingerprint density at radius 2 is 1.54 bits per heavy atom. The zero-order valence-corrected chi connectivity index (χ0v) is 14.4. The van der Waals surface area contributed by atoms with Gasteiger partial charge in [-0.1, -0.05) is 24.3 Å². The third-order valence-corrected chi connectivity index (χ3v) is 3.84. The Morgan fingerprint density at radius 1 is 0.875 bits per heavy atom. The molecule has 0 unspecified atom stereocenters. The molecule has 0 saturated heterocycles. The molecule has 126 valence electrons. The number of hydrogen-bond acceptors (Lipinski definition) is 3. The first kappa shape index (κ1) is 17.5. The number of amides is 2. The van der Waals surface area contributed by atoms with Crippen LogP contribution in [0.25, 0.3) is 0 Å². The second-order valence-electron chi connectivity index (χ2n) is 5.81. The lowest BCUT2D eigenvalue weighted by atomic mass is 10.1. The minimum atomic E-state index is -0.421. The summed E-state index contributed by atoms with van der Waals surface area (Å²) in [5, 5.41) is 0. The van der Waals surface area contributed by atoms with Gasteiger partial charge in [-0.25, -0.2) is 0 Å². The van der Waals surface area contributed by atoms with Crippen LogP contribution in [0.2, 0.25) is 0 Å². The van der Waals surface area contributed by atoms with Crippen molar-refractivity contribution in [3.8, 4) is 5.75 Å². The SMILES string of the molecule is Cc1ccc(C(=O)NNC(=O)COc2c(C)cccc2C)cc1C. The van der Waals surface area contributed by atoms with Crippen molar-refractivity contribution < 1.29 is 14.3 Å². The molecule has 0 bridgehead atoms. The summed E-state index contributed by atoms with van der Waals surface area (Å²) in [6, 6.07) is 11.1. The van der Waals surface area contributed by atoms with Gasteiger partial charge in [0.1, 0.15) is 5.75 Å². The molecule has 2 N–H and O–H groups in total. The monoisotopic (exact) mass is 326 g/mol. The molecule has 0 saturated carbocycles. The number of carbonyl (C=O) groups is 2. The predicted molar refractivity (Wildman–Crippen MR) is 92.9 cm³/mol. The van der Waals surface area contributed by atoms with Gasteiger partial charge in [0.2, 0.25) is 0 Å². The zero-order chi connectivity index (χ0) is 17.7. The molecule has 0 radical (unpaired) electrons. The molecule has 5 heteroatoms. The summed E-state index contributed by atoms with van der Waals surface area (Å²) in [4.78, 5) is 23.9. The van der Waals surface area contributed by atoms with E-state index in [-0.39, 0.29) is 12.5 Å². The molecule has 0 spiro atoms. The Kier molecular flexibility index (Phi) is 5.58. The van der Waals surface area contributed by atoms with Gasteiger partial charge in [-0.2, -0.15) is 0 Å². The highest BCUT2D eigenvalue weighted by Gasteiger charge is 2.10. The molecule has 2 rings (SSSR count). The van der Waals surface area contributed by atoms with Crippen LogP contribution in [0, 0.1) is 27.7 Å². The number of hydrogen-bond donors (Lipinski definition) is 2. The Balaban J connectivity index is 1.87. The Morgan fingerprint density at radius 3 is 2.17 bits per heavy atom. The number of carbonyl (C=O) groups excluding carboxylic acids is 2. The van der Waals surface area contributed by atoms with Crippen LogP contribution < -0.4 is 15.6 Å². The van der Waals surface area contributed by atoms with Crippen LogP contribution >= 0.6 is 0 Å². The maximum atomic E-state index is 12.0. The van der Waals surface area contributed by atoms with Crippen molar-refractivity contribution in [2.24, 2.45) is 0 Å². The number of hydrazine groups is 1. The third-order valence-electron chi connectivity index (χ3n) is 3.84. The van der Waals surface area contributed by atoms with Crippen LogP contribution in [-0.2, 0) is 4.79 Å². The van der Waals surface area contributed by atoms with Gasteiger partial charge in [-0.05, 0) is 62.1 Å². The average molecular weight is 326 g/mol. The van der Waals surface area contributed by atoms with Gasteiger partial charge in [-0.3, -0.25) is 20.4 Å². The van der Waals surface area contributed by atoms with E-state index in [1.165, 1.54) is 0 Å². The molecule has 0 aliphatic carbocycles. The van der Waals surface area contributed by atoms with Crippen molar-refractivity contribution in [1.82, 2.24) is 10.9 Å². The Bertz CT molecular complexity index is 749. The molecule has 0 heterocycles. The number of rotatable bonds is 4. The van der Waals surface area contributed by atoms with Crippen molar-refractivity contribution in [3.05, 3.63) is 64.2 Å². The van der Waals surface area contributed by atoms with E-state index in [4.69, 9.17) is 4.74 Å². The molecule has 5 nitrogen and oxygen atoms in total. The predicted octanol–water partition coefficient (Wildman–Crippen LogP) is 2.76. The van der Waals surface area contributed by atoms with E-state index in [1.54, 1.807) is 12.1 Å². The molecular formula is C19H22N2O3. The molecule has 2 aromatic rings. The molecule has 0 aliphatic rings. The number of aryl methyl sites for hydroxylation is 4. The van der Waals surface area contributed by atoms with Crippen LogP contribution in [0.4, 0.5) is 0 Å². The Labute approximate surface area is 142 Å². The van der Waals surface area contributed by atoms with E-state index in [0.29, 0.717) is 11.3 Å². The molecule has 2 aromatic carbocycles. The molecule has 0 atom stereocenters.